The fourth-order valence-corrected chi connectivity index (χ4v) is 2.71. The van der Waals surface area contributed by atoms with E-state index in [9.17, 15) is 9.59 Å². The second-order valence-electron chi connectivity index (χ2n) is 7.60. The molecule has 0 atom stereocenters. The van der Waals surface area contributed by atoms with E-state index in [-0.39, 0.29) is 5.91 Å². The molecule has 0 bridgehead atoms. The van der Waals surface area contributed by atoms with Crippen LogP contribution in [-0.4, -0.2) is 38.7 Å². The van der Waals surface area contributed by atoms with Crippen molar-refractivity contribution in [3.8, 4) is 0 Å². The van der Waals surface area contributed by atoms with Gasteiger partial charge < -0.3 is 15.4 Å². The van der Waals surface area contributed by atoms with Gasteiger partial charge >= 0.3 is 6.09 Å². The van der Waals surface area contributed by atoms with Crippen molar-refractivity contribution in [2.45, 2.75) is 39.3 Å². The molecule has 8 nitrogen and oxygen atoms in total. The number of fused-ring (bicyclic) bond motifs is 1. The van der Waals surface area contributed by atoms with Crippen molar-refractivity contribution in [3.63, 3.8) is 0 Å². The van der Waals surface area contributed by atoms with Crippen LogP contribution in [0.4, 0.5) is 4.79 Å². The molecule has 0 radical (unpaired) electrons. The Hall–Kier alpha value is -3.42. The van der Waals surface area contributed by atoms with E-state index in [0.717, 1.165) is 17.0 Å². The third kappa shape index (κ3) is 5.78. The van der Waals surface area contributed by atoms with Crippen LogP contribution < -0.4 is 10.6 Å². The molecule has 29 heavy (non-hydrogen) atoms. The molecule has 2 aromatic heterocycles. The fourth-order valence-electron chi connectivity index (χ4n) is 2.71. The number of hydrogen-bond donors (Lipinski definition) is 2. The molecule has 8 heteroatoms. The Morgan fingerprint density at radius 1 is 1.03 bits per heavy atom. The first-order valence-electron chi connectivity index (χ1n) is 9.44. The van der Waals surface area contributed by atoms with E-state index < -0.39 is 11.7 Å². The Morgan fingerprint density at radius 2 is 1.79 bits per heavy atom. The number of ether oxygens (including phenoxy) is 1. The summed E-state index contributed by atoms with van der Waals surface area (Å²) in [6.45, 7) is 6.22. The summed E-state index contributed by atoms with van der Waals surface area (Å²) in [7, 11) is 0. The molecule has 1 aromatic carbocycles. The van der Waals surface area contributed by atoms with Gasteiger partial charge in [-0.05, 0) is 50.6 Å². The van der Waals surface area contributed by atoms with E-state index in [1.54, 1.807) is 24.3 Å². The fraction of sp³-hybridized carbons (Fsp3) is 0.333. The average Bonchev–Trinajstić information content (AvgIpc) is 3.09. The van der Waals surface area contributed by atoms with Gasteiger partial charge in [-0.1, -0.05) is 18.2 Å². The van der Waals surface area contributed by atoms with Crippen molar-refractivity contribution in [2.75, 3.05) is 6.54 Å². The number of amides is 2. The number of alkyl carbamates (subject to hydrolysis) is 1. The predicted octanol–water partition coefficient (Wildman–Crippen LogP) is 2.73. The van der Waals surface area contributed by atoms with Crippen molar-refractivity contribution >= 4 is 17.6 Å². The number of aromatic nitrogens is 3. The van der Waals surface area contributed by atoms with E-state index in [2.05, 4.69) is 20.8 Å². The summed E-state index contributed by atoms with van der Waals surface area (Å²) in [5.41, 5.74) is 1.67. The van der Waals surface area contributed by atoms with Gasteiger partial charge in [0.15, 0.2) is 5.65 Å². The number of carbonyl (C=O) groups excluding carboxylic acids is 2. The van der Waals surface area contributed by atoms with Crippen LogP contribution in [0.25, 0.3) is 5.65 Å². The molecule has 0 aliphatic rings. The summed E-state index contributed by atoms with van der Waals surface area (Å²) in [4.78, 5) is 24.0. The zero-order chi connectivity index (χ0) is 20.9. The lowest BCUT2D eigenvalue weighted by Crippen LogP contribution is -2.32. The minimum atomic E-state index is -0.537. The molecule has 2 amide bonds. The van der Waals surface area contributed by atoms with Crippen molar-refractivity contribution in [2.24, 2.45) is 0 Å². The summed E-state index contributed by atoms with van der Waals surface area (Å²) in [6, 6.07) is 12.8. The maximum Gasteiger partial charge on any atom is 0.407 e. The number of carbonyl (C=O) groups is 2. The number of nitrogens with one attached hydrogen (secondary N) is 2. The summed E-state index contributed by atoms with van der Waals surface area (Å²) in [6.07, 6.45) is 2.01. The summed E-state index contributed by atoms with van der Waals surface area (Å²) in [5.74, 6) is 0.634. The van der Waals surface area contributed by atoms with Gasteiger partial charge in [-0.2, -0.15) is 0 Å². The van der Waals surface area contributed by atoms with Crippen LogP contribution in [0.5, 0.6) is 0 Å². The van der Waals surface area contributed by atoms with E-state index in [0.29, 0.717) is 25.1 Å². The second kappa shape index (κ2) is 8.72. The highest BCUT2D eigenvalue weighted by Crippen LogP contribution is 2.08. The molecule has 0 saturated carbocycles. The monoisotopic (exact) mass is 395 g/mol. The molecule has 3 aromatic rings. The van der Waals surface area contributed by atoms with Gasteiger partial charge in [0.1, 0.15) is 11.4 Å². The molecule has 152 valence electrons. The minimum absolute atomic E-state index is 0.162. The molecule has 0 aliphatic heterocycles. The third-order valence-corrected chi connectivity index (χ3v) is 4.07. The molecule has 0 aliphatic carbocycles. The second-order valence-corrected chi connectivity index (χ2v) is 7.60. The number of hydrogen-bond acceptors (Lipinski definition) is 5. The average molecular weight is 395 g/mol. The first-order valence-corrected chi connectivity index (χ1v) is 9.44. The molecule has 0 spiro atoms. The normalized spacial score (nSPS) is 11.3. The van der Waals surface area contributed by atoms with Crippen molar-refractivity contribution in [1.82, 2.24) is 25.2 Å². The van der Waals surface area contributed by atoms with E-state index in [1.807, 2.05) is 49.6 Å². The van der Waals surface area contributed by atoms with Gasteiger partial charge in [0.05, 0.1) is 0 Å². The number of pyridine rings is 1. The van der Waals surface area contributed by atoms with E-state index >= 15 is 0 Å². The lowest BCUT2D eigenvalue weighted by molar-refractivity contribution is 0.0523. The van der Waals surface area contributed by atoms with Crippen LogP contribution in [-0.2, 0) is 17.7 Å². The topological polar surface area (TPSA) is 97.6 Å². The molecule has 0 fully saturated rings. The van der Waals surface area contributed by atoms with Gasteiger partial charge in [0, 0.05) is 31.3 Å². The maximum absolute atomic E-state index is 12.3. The zero-order valence-corrected chi connectivity index (χ0v) is 16.8. The number of nitrogens with zero attached hydrogens (tertiary/aromatic N) is 3. The largest absolute Gasteiger partial charge is 0.444 e. The first kappa shape index (κ1) is 20.3. The first-order chi connectivity index (χ1) is 13.8. The molecule has 2 heterocycles. The standard InChI is InChI=1S/C21H25N5O3/c1-21(2,3)29-20(28)23-14-15-7-9-16(10-8-15)19(27)22-12-11-18-25-24-17-6-4-5-13-26(17)18/h4-10,13H,11-12,14H2,1-3H3,(H,22,27)(H,23,28). The van der Waals surface area contributed by atoms with E-state index in [4.69, 9.17) is 4.74 Å². The predicted molar refractivity (Wildman–Crippen MR) is 109 cm³/mol. The van der Waals surface area contributed by atoms with Crippen molar-refractivity contribution in [3.05, 3.63) is 65.6 Å². The molecule has 0 unspecified atom stereocenters. The van der Waals surface area contributed by atoms with Gasteiger partial charge in [0.2, 0.25) is 0 Å². The Balaban J connectivity index is 1.47. The summed E-state index contributed by atoms with van der Waals surface area (Å²) < 4.78 is 7.10. The quantitative estimate of drug-likeness (QED) is 0.669. The lowest BCUT2D eigenvalue weighted by Gasteiger charge is -2.19. The highest BCUT2D eigenvalue weighted by Gasteiger charge is 2.15. The van der Waals surface area contributed by atoms with Gasteiger partial charge in [-0.3, -0.25) is 9.20 Å². The summed E-state index contributed by atoms with van der Waals surface area (Å²) >= 11 is 0. The van der Waals surface area contributed by atoms with Crippen LogP contribution in [0.2, 0.25) is 0 Å². The Morgan fingerprint density at radius 3 is 2.52 bits per heavy atom. The van der Waals surface area contributed by atoms with Crippen LogP contribution in [0, 0.1) is 0 Å². The Kier molecular flexibility index (Phi) is 6.11. The van der Waals surface area contributed by atoms with Crippen molar-refractivity contribution in [1.29, 1.82) is 0 Å². The molecule has 0 saturated heterocycles. The van der Waals surface area contributed by atoms with Gasteiger partial charge in [-0.25, -0.2) is 4.79 Å². The molecule has 3 rings (SSSR count). The Labute approximate surface area is 169 Å². The minimum Gasteiger partial charge on any atom is -0.444 e. The van der Waals surface area contributed by atoms with Gasteiger partial charge in [0.25, 0.3) is 5.91 Å². The van der Waals surface area contributed by atoms with Crippen LogP contribution >= 0.6 is 0 Å². The van der Waals surface area contributed by atoms with Crippen LogP contribution in [0.3, 0.4) is 0 Å². The SMILES string of the molecule is CC(C)(C)OC(=O)NCc1ccc(C(=O)NCCc2nnc3ccccn23)cc1. The van der Waals surface area contributed by atoms with Crippen LogP contribution in [0.1, 0.15) is 42.5 Å². The van der Waals surface area contributed by atoms with Crippen LogP contribution in [0.15, 0.2) is 48.7 Å². The zero-order valence-electron chi connectivity index (χ0n) is 16.8. The number of benzene rings is 1. The smallest absolute Gasteiger partial charge is 0.407 e. The maximum atomic E-state index is 12.3. The van der Waals surface area contributed by atoms with Gasteiger partial charge in [-0.15, -0.1) is 10.2 Å². The highest BCUT2D eigenvalue weighted by atomic mass is 16.6. The lowest BCUT2D eigenvalue weighted by atomic mass is 10.1. The number of rotatable bonds is 6. The molecule has 2 N–H and O–H groups in total. The molecular formula is C21H25N5O3. The molecular weight excluding hydrogens is 370 g/mol. The summed E-state index contributed by atoms with van der Waals surface area (Å²) in [5, 5.41) is 13.8. The third-order valence-electron chi connectivity index (χ3n) is 4.07. The highest BCUT2D eigenvalue weighted by molar-refractivity contribution is 5.94. The Bertz CT molecular complexity index is 989. The van der Waals surface area contributed by atoms with Crippen molar-refractivity contribution < 1.29 is 14.3 Å². The van der Waals surface area contributed by atoms with E-state index in [1.165, 1.54) is 0 Å².